The predicted molar refractivity (Wildman–Crippen MR) is 91.4 cm³/mol. The van der Waals surface area contributed by atoms with E-state index >= 15 is 0 Å². The van der Waals surface area contributed by atoms with E-state index in [2.05, 4.69) is 0 Å². The van der Waals surface area contributed by atoms with Crippen molar-refractivity contribution in [1.82, 2.24) is 4.57 Å². The van der Waals surface area contributed by atoms with Crippen molar-refractivity contribution in [3.63, 3.8) is 0 Å². The van der Waals surface area contributed by atoms with Crippen LogP contribution in [0.3, 0.4) is 0 Å². The largest absolute Gasteiger partial charge is 0.388 e. The monoisotopic (exact) mass is 305 g/mol. The third-order valence-electron chi connectivity index (χ3n) is 3.91. The minimum absolute atomic E-state index is 0.0494. The van der Waals surface area contributed by atoms with Gasteiger partial charge in [0.1, 0.15) is 0 Å². The van der Waals surface area contributed by atoms with E-state index in [4.69, 9.17) is 0 Å². The molecule has 3 heteroatoms. The van der Waals surface area contributed by atoms with Crippen molar-refractivity contribution in [2.24, 2.45) is 0 Å². The number of hydrogen-bond donors (Lipinski definition) is 1. The molecule has 0 amide bonds. The summed E-state index contributed by atoms with van der Waals surface area (Å²) in [6, 6.07) is 24.6. The maximum atomic E-state index is 12.2. The average molecular weight is 305 g/mol. The summed E-state index contributed by atoms with van der Waals surface area (Å²) >= 11 is 0. The van der Waals surface area contributed by atoms with Crippen LogP contribution in [-0.4, -0.2) is 9.67 Å². The molecule has 1 heterocycles. The van der Waals surface area contributed by atoms with Crippen molar-refractivity contribution < 1.29 is 5.11 Å². The second-order valence-electron chi connectivity index (χ2n) is 5.56. The number of aliphatic hydroxyl groups is 1. The molecule has 0 aliphatic heterocycles. The zero-order valence-electron chi connectivity index (χ0n) is 12.8. The normalized spacial score (nSPS) is 12.0. The van der Waals surface area contributed by atoms with E-state index in [1.165, 1.54) is 0 Å². The SMILES string of the molecule is O=c1cccc(CC(O)c2ccccc2)n1Cc1ccccc1. The quantitative estimate of drug-likeness (QED) is 0.786. The Morgan fingerprint density at radius 1 is 0.826 bits per heavy atom. The Morgan fingerprint density at radius 2 is 1.48 bits per heavy atom. The highest BCUT2D eigenvalue weighted by Gasteiger charge is 2.12. The molecule has 3 rings (SSSR count). The van der Waals surface area contributed by atoms with Crippen LogP contribution in [-0.2, 0) is 13.0 Å². The molecule has 23 heavy (non-hydrogen) atoms. The number of aromatic nitrogens is 1. The minimum atomic E-state index is -0.625. The lowest BCUT2D eigenvalue weighted by atomic mass is 10.0. The fourth-order valence-electron chi connectivity index (χ4n) is 2.68. The Kier molecular flexibility index (Phi) is 4.69. The van der Waals surface area contributed by atoms with Crippen molar-refractivity contribution in [2.45, 2.75) is 19.1 Å². The molecular formula is C20H19NO2. The molecule has 0 fully saturated rings. The summed E-state index contributed by atoms with van der Waals surface area (Å²) in [5, 5.41) is 10.4. The van der Waals surface area contributed by atoms with E-state index in [9.17, 15) is 9.90 Å². The lowest BCUT2D eigenvalue weighted by Crippen LogP contribution is -2.24. The fourth-order valence-corrected chi connectivity index (χ4v) is 2.68. The molecule has 0 aliphatic carbocycles. The number of aliphatic hydroxyl groups excluding tert-OH is 1. The minimum Gasteiger partial charge on any atom is -0.388 e. The van der Waals surface area contributed by atoms with E-state index in [0.717, 1.165) is 16.8 Å². The van der Waals surface area contributed by atoms with Crippen molar-refractivity contribution in [3.05, 3.63) is 106 Å². The van der Waals surface area contributed by atoms with Crippen LogP contribution < -0.4 is 5.56 Å². The lowest BCUT2D eigenvalue weighted by Gasteiger charge is -2.16. The second-order valence-corrected chi connectivity index (χ2v) is 5.56. The third kappa shape index (κ3) is 3.76. The summed E-state index contributed by atoms with van der Waals surface area (Å²) in [4.78, 5) is 12.2. The van der Waals surface area contributed by atoms with Crippen LogP contribution in [0, 0.1) is 0 Å². The van der Waals surface area contributed by atoms with Crippen LogP contribution in [0.1, 0.15) is 22.9 Å². The molecule has 0 saturated carbocycles. The van der Waals surface area contributed by atoms with Gasteiger partial charge in [-0.15, -0.1) is 0 Å². The van der Waals surface area contributed by atoms with E-state index in [-0.39, 0.29) is 5.56 Å². The molecule has 116 valence electrons. The highest BCUT2D eigenvalue weighted by molar-refractivity contribution is 5.21. The number of hydrogen-bond acceptors (Lipinski definition) is 2. The lowest BCUT2D eigenvalue weighted by molar-refractivity contribution is 0.175. The Morgan fingerprint density at radius 3 is 2.17 bits per heavy atom. The Hall–Kier alpha value is -2.65. The first-order valence-electron chi connectivity index (χ1n) is 7.70. The van der Waals surface area contributed by atoms with Gasteiger partial charge < -0.3 is 9.67 Å². The number of rotatable bonds is 5. The van der Waals surface area contributed by atoms with Gasteiger partial charge in [-0.3, -0.25) is 4.79 Å². The summed E-state index contributed by atoms with van der Waals surface area (Å²) in [5.74, 6) is 0. The topological polar surface area (TPSA) is 42.2 Å². The molecule has 0 saturated heterocycles. The Bertz CT molecular complexity index is 810. The molecule has 1 aromatic heterocycles. The van der Waals surface area contributed by atoms with E-state index < -0.39 is 6.10 Å². The molecule has 3 nitrogen and oxygen atoms in total. The molecule has 0 bridgehead atoms. The summed E-state index contributed by atoms with van der Waals surface area (Å²) < 4.78 is 1.72. The van der Waals surface area contributed by atoms with Gasteiger partial charge in [0.05, 0.1) is 12.6 Å². The van der Waals surface area contributed by atoms with E-state index in [0.29, 0.717) is 13.0 Å². The van der Waals surface area contributed by atoms with Gasteiger partial charge in [0.2, 0.25) is 0 Å². The van der Waals surface area contributed by atoms with Gasteiger partial charge in [-0.2, -0.15) is 0 Å². The second kappa shape index (κ2) is 7.07. The standard InChI is InChI=1S/C20H19NO2/c22-19(17-10-5-2-6-11-17)14-18-12-7-13-20(23)21(18)15-16-8-3-1-4-9-16/h1-13,19,22H,14-15H2. The van der Waals surface area contributed by atoms with Gasteiger partial charge in [0.15, 0.2) is 0 Å². The van der Waals surface area contributed by atoms with Crippen LogP contribution >= 0.6 is 0 Å². The summed E-state index contributed by atoms with van der Waals surface area (Å²) in [5.41, 5.74) is 2.70. The third-order valence-corrected chi connectivity index (χ3v) is 3.91. The Balaban J connectivity index is 1.88. The van der Waals surface area contributed by atoms with Crippen LogP contribution in [0.25, 0.3) is 0 Å². The smallest absolute Gasteiger partial charge is 0.251 e. The van der Waals surface area contributed by atoms with Gasteiger partial charge in [0, 0.05) is 18.2 Å². The van der Waals surface area contributed by atoms with E-state index in [1.807, 2.05) is 66.7 Å². The molecule has 0 spiro atoms. The number of nitrogens with zero attached hydrogens (tertiary/aromatic N) is 1. The van der Waals surface area contributed by atoms with Crippen molar-refractivity contribution in [1.29, 1.82) is 0 Å². The van der Waals surface area contributed by atoms with E-state index in [1.54, 1.807) is 16.7 Å². The van der Waals surface area contributed by atoms with Crippen LogP contribution in [0.4, 0.5) is 0 Å². The predicted octanol–water partition coefficient (Wildman–Crippen LogP) is 3.17. The van der Waals surface area contributed by atoms with Crippen LogP contribution in [0.5, 0.6) is 0 Å². The van der Waals surface area contributed by atoms with Crippen LogP contribution in [0.2, 0.25) is 0 Å². The zero-order chi connectivity index (χ0) is 16.1. The van der Waals surface area contributed by atoms with Gasteiger partial charge in [0.25, 0.3) is 5.56 Å². The van der Waals surface area contributed by atoms with Crippen molar-refractivity contribution >= 4 is 0 Å². The van der Waals surface area contributed by atoms with Crippen molar-refractivity contribution in [3.8, 4) is 0 Å². The zero-order valence-corrected chi connectivity index (χ0v) is 12.8. The van der Waals surface area contributed by atoms with Gasteiger partial charge in [-0.1, -0.05) is 66.7 Å². The first-order valence-corrected chi connectivity index (χ1v) is 7.70. The summed E-state index contributed by atoms with van der Waals surface area (Å²) in [7, 11) is 0. The summed E-state index contributed by atoms with van der Waals surface area (Å²) in [6.45, 7) is 0.511. The maximum absolute atomic E-state index is 12.2. The molecular weight excluding hydrogens is 286 g/mol. The maximum Gasteiger partial charge on any atom is 0.251 e. The highest BCUT2D eigenvalue weighted by atomic mass is 16.3. The average Bonchev–Trinajstić information content (AvgIpc) is 2.59. The molecule has 1 atom stereocenters. The number of pyridine rings is 1. The highest BCUT2D eigenvalue weighted by Crippen LogP contribution is 2.17. The molecule has 0 radical (unpaired) electrons. The Labute approximate surface area is 135 Å². The number of benzene rings is 2. The summed E-state index contributed by atoms with van der Waals surface area (Å²) in [6.07, 6.45) is -0.215. The fraction of sp³-hybridized carbons (Fsp3) is 0.150. The van der Waals surface area contributed by atoms with Gasteiger partial charge >= 0.3 is 0 Å². The molecule has 3 aromatic rings. The van der Waals surface area contributed by atoms with Gasteiger partial charge in [-0.25, -0.2) is 0 Å². The molecule has 2 aromatic carbocycles. The molecule has 1 N–H and O–H groups in total. The molecule has 1 unspecified atom stereocenters. The molecule has 0 aliphatic rings. The van der Waals surface area contributed by atoms with Gasteiger partial charge in [-0.05, 0) is 17.2 Å². The first-order chi connectivity index (χ1) is 11.2. The van der Waals surface area contributed by atoms with Crippen LogP contribution in [0.15, 0.2) is 83.7 Å². The first kappa shape index (κ1) is 15.3. The van der Waals surface area contributed by atoms with Crippen molar-refractivity contribution in [2.75, 3.05) is 0 Å².